The summed E-state index contributed by atoms with van der Waals surface area (Å²) >= 11 is 0. The number of hydrazone groups is 1. The first kappa shape index (κ1) is 14.0. The number of nitrogens with one attached hydrogen (secondary N) is 2. The van der Waals surface area contributed by atoms with E-state index in [-0.39, 0.29) is 11.7 Å². The van der Waals surface area contributed by atoms with Crippen LogP contribution in [0.25, 0.3) is 10.9 Å². The third-order valence-corrected chi connectivity index (χ3v) is 3.44. The average Bonchev–Trinajstić information content (AvgIpc) is 2.87. The van der Waals surface area contributed by atoms with Gasteiger partial charge in [-0.05, 0) is 36.2 Å². The maximum absolute atomic E-state index is 12.8. The van der Waals surface area contributed by atoms with Crippen molar-refractivity contribution in [1.29, 1.82) is 0 Å². The molecule has 3 aromatic rings. The minimum Gasteiger partial charge on any atom is -0.350 e. The molecule has 0 bridgehead atoms. The van der Waals surface area contributed by atoms with Crippen molar-refractivity contribution in [1.82, 2.24) is 10.4 Å². The number of nitrogens with zero attached hydrogens (tertiary/aromatic N) is 1. The summed E-state index contributed by atoms with van der Waals surface area (Å²) in [6.45, 7) is 1.89. The van der Waals surface area contributed by atoms with E-state index in [4.69, 9.17) is 0 Å². The number of hydrogen-bond acceptors (Lipinski definition) is 2. The van der Waals surface area contributed by atoms with Crippen LogP contribution in [0.5, 0.6) is 0 Å². The van der Waals surface area contributed by atoms with E-state index in [0.29, 0.717) is 11.3 Å². The van der Waals surface area contributed by atoms with Gasteiger partial charge in [-0.2, -0.15) is 5.10 Å². The van der Waals surface area contributed by atoms with Gasteiger partial charge in [0.05, 0.1) is 6.21 Å². The Balaban J connectivity index is 1.76. The van der Waals surface area contributed by atoms with Gasteiger partial charge >= 0.3 is 0 Å². The lowest BCUT2D eigenvalue weighted by Gasteiger charge is -1.98. The Morgan fingerprint density at radius 1 is 1.18 bits per heavy atom. The van der Waals surface area contributed by atoms with Gasteiger partial charge in [0.15, 0.2) is 0 Å². The normalized spacial score (nSPS) is 11.2. The summed E-state index contributed by atoms with van der Waals surface area (Å²) < 4.78 is 12.8. The number of halogens is 1. The Hall–Kier alpha value is -2.95. The van der Waals surface area contributed by atoms with Crippen molar-refractivity contribution in [2.45, 2.75) is 6.92 Å². The first-order valence-electron chi connectivity index (χ1n) is 6.81. The van der Waals surface area contributed by atoms with E-state index >= 15 is 0 Å². The molecule has 0 unspecified atom stereocenters. The van der Waals surface area contributed by atoms with E-state index in [1.54, 1.807) is 12.1 Å². The molecule has 0 saturated heterocycles. The van der Waals surface area contributed by atoms with E-state index in [2.05, 4.69) is 15.5 Å². The van der Waals surface area contributed by atoms with E-state index in [1.807, 2.05) is 31.2 Å². The monoisotopic (exact) mass is 295 g/mol. The van der Waals surface area contributed by atoms with Gasteiger partial charge in [0.2, 0.25) is 0 Å². The molecule has 1 amide bonds. The molecule has 4 nitrogen and oxygen atoms in total. The highest BCUT2D eigenvalue weighted by Crippen LogP contribution is 2.20. The van der Waals surface area contributed by atoms with Gasteiger partial charge in [-0.3, -0.25) is 4.79 Å². The van der Waals surface area contributed by atoms with Crippen molar-refractivity contribution in [3.8, 4) is 0 Å². The van der Waals surface area contributed by atoms with Crippen LogP contribution in [0.1, 0.15) is 21.6 Å². The van der Waals surface area contributed by atoms with Crippen LogP contribution in [-0.2, 0) is 0 Å². The third kappa shape index (κ3) is 2.74. The van der Waals surface area contributed by atoms with E-state index in [1.165, 1.54) is 18.3 Å². The fraction of sp³-hybridized carbons (Fsp3) is 0.0588. The molecule has 2 aromatic carbocycles. The molecule has 0 aliphatic heterocycles. The molecule has 0 spiro atoms. The van der Waals surface area contributed by atoms with Crippen molar-refractivity contribution in [3.05, 3.63) is 71.2 Å². The van der Waals surface area contributed by atoms with Crippen LogP contribution in [0.2, 0.25) is 0 Å². The van der Waals surface area contributed by atoms with Gasteiger partial charge in [-0.15, -0.1) is 0 Å². The second kappa shape index (κ2) is 5.81. The highest BCUT2D eigenvalue weighted by Gasteiger charge is 2.13. The fourth-order valence-electron chi connectivity index (χ4n) is 2.28. The standard InChI is InChI=1S/C17H14FN3O/c1-11-14-4-2-3-5-15(14)20-16(11)17(22)21-19-10-12-6-8-13(18)9-7-12/h2-10,20H,1H3,(H,21,22)/b19-10+. The number of benzene rings is 2. The van der Waals surface area contributed by atoms with Gasteiger partial charge in [0, 0.05) is 10.9 Å². The molecule has 1 heterocycles. The molecular formula is C17H14FN3O. The number of para-hydroxylation sites is 1. The lowest BCUT2D eigenvalue weighted by Crippen LogP contribution is -2.18. The van der Waals surface area contributed by atoms with Crippen molar-refractivity contribution >= 4 is 23.0 Å². The molecule has 110 valence electrons. The molecule has 22 heavy (non-hydrogen) atoms. The lowest BCUT2D eigenvalue weighted by molar-refractivity contribution is 0.0950. The Morgan fingerprint density at radius 2 is 1.91 bits per heavy atom. The van der Waals surface area contributed by atoms with Crippen molar-refractivity contribution in [3.63, 3.8) is 0 Å². The molecule has 0 atom stereocenters. The molecule has 2 N–H and O–H groups in total. The van der Waals surface area contributed by atoms with Crippen LogP contribution < -0.4 is 5.43 Å². The number of aromatic nitrogens is 1. The summed E-state index contributed by atoms with van der Waals surface area (Å²) in [5.74, 6) is -0.623. The SMILES string of the molecule is Cc1c(C(=O)N/N=C/c2ccc(F)cc2)[nH]c2ccccc12. The molecule has 0 fully saturated rings. The van der Waals surface area contributed by atoms with E-state index in [0.717, 1.165) is 16.5 Å². The van der Waals surface area contributed by atoms with Gasteiger partial charge < -0.3 is 4.98 Å². The summed E-state index contributed by atoms with van der Waals surface area (Å²) in [5, 5.41) is 4.90. The van der Waals surface area contributed by atoms with Crippen LogP contribution in [0.15, 0.2) is 53.6 Å². The highest BCUT2D eigenvalue weighted by atomic mass is 19.1. The Labute approximate surface area is 126 Å². The quantitative estimate of drug-likeness (QED) is 0.565. The Bertz CT molecular complexity index is 850. The molecule has 0 radical (unpaired) electrons. The zero-order valence-corrected chi connectivity index (χ0v) is 11.9. The van der Waals surface area contributed by atoms with Crippen molar-refractivity contribution in [2.24, 2.45) is 5.10 Å². The highest BCUT2D eigenvalue weighted by molar-refractivity contribution is 6.01. The number of carbonyl (C=O) groups is 1. The van der Waals surface area contributed by atoms with Crippen LogP contribution in [0.4, 0.5) is 4.39 Å². The van der Waals surface area contributed by atoms with Gasteiger partial charge in [-0.25, -0.2) is 9.82 Å². The van der Waals surface area contributed by atoms with Crippen molar-refractivity contribution < 1.29 is 9.18 Å². The Morgan fingerprint density at radius 3 is 2.64 bits per heavy atom. The number of fused-ring (bicyclic) bond motifs is 1. The zero-order valence-electron chi connectivity index (χ0n) is 11.9. The largest absolute Gasteiger partial charge is 0.350 e. The molecular weight excluding hydrogens is 281 g/mol. The third-order valence-electron chi connectivity index (χ3n) is 3.44. The first-order chi connectivity index (χ1) is 10.6. The summed E-state index contributed by atoms with van der Waals surface area (Å²) in [6, 6.07) is 13.6. The number of aryl methyl sites for hydroxylation is 1. The van der Waals surface area contributed by atoms with Gasteiger partial charge in [0.1, 0.15) is 11.5 Å². The summed E-state index contributed by atoms with van der Waals surface area (Å²) in [4.78, 5) is 15.2. The minimum absolute atomic E-state index is 0.310. The predicted molar refractivity (Wildman–Crippen MR) is 84.5 cm³/mol. The van der Waals surface area contributed by atoms with E-state index in [9.17, 15) is 9.18 Å². The maximum Gasteiger partial charge on any atom is 0.288 e. The molecule has 1 aromatic heterocycles. The molecule has 3 rings (SSSR count). The topological polar surface area (TPSA) is 57.2 Å². The smallest absolute Gasteiger partial charge is 0.288 e. The number of amides is 1. The van der Waals surface area contributed by atoms with Crippen LogP contribution in [-0.4, -0.2) is 17.1 Å². The molecule has 0 saturated carbocycles. The lowest BCUT2D eigenvalue weighted by atomic mass is 10.1. The predicted octanol–water partition coefficient (Wildman–Crippen LogP) is 3.38. The second-order valence-electron chi connectivity index (χ2n) is 4.92. The van der Waals surface area contributed by atoms with Gasteiger partial charge in [-0.1, -0.05) is 30.3 Å². The minimum atomic E-state index is -0.313. The number of rotatable bonds is 3. The molecule has 0 aliphatic rings. The van der Waals surface area contributed by atoms with Crippen molar-refractivity contribution in [2.75, 3.05) is 0 Å². The van der Waals surface area contributed by atoms with Crippen LogP contribution >= 0.6 is 0 Å². The number of carbonyl (C=O) groups excluding carboxylic acids is 1. The number of aromatic amines is 1. The molecule has 0 aliphatic carbocycles. The summed E-state index contributed by atoms with van der Waals surface area (Å²) in [5.41, 5.74) is 5.45. The number of H-pyrrole nitrogens is 1. The van der Waals surface area contributed by atoms with Crippen LogP contribution in [0, 0.1) is 12.7 Å². The maximum atomic E-state index is 12.8. The Kier molecular flexibility index (Phi) is 3.70. The van der Waals surface area contributed by atoms with Crippen LogP contribution in [0.3, 0.4) is 0 Å². The fourth-order valence-corrected chi connectivity index (χ4v) is 2.28. The second-order valence-corrected chi connectivity index (χ2v) is 4.92. The number of hydrogen-bond donors (Lipinski definition) is 2. The summed E-state index contributed by atoms with van der Waals surface area (Å²) in [6.07, 6.45) is 1.47. The summed E-state index contributed by atoms with van der Waals surface area (Å²) in [7, 11) is 0. The molecule has 5 heteroatoms. The average molecular weight is 295 g/mol. The first-order valence-corrected chi connectivity index (χ1v) is 6.81. The zero-order chi connectivity index (χ0) is 15.5. The van der Waals surface area contributed by atoms with Gasteiger partial charge in [0.25, 0.3) is 5.91 Å². The van der Waals surface area contributed by atoms with E-state index < -0.39 is 0 Å².